The van der Waals surface area contributed by atoms with Crippen molar-refractivity contribution >= 4 is 10.0 Å². The van der Waals surface area contributed by atoms with Crippen LogP contribution in [0.3, 0.4) is 0 Å². The highest BCUT2D eigenvalue weighted by molar-refractivity contribution is 7.89. The van der Waals surface area contributed by atoms with E-state index >= 15 is 0 Å². The summed E-state index contributed by atoms with van der Waals surface area (Å²) in [6, 6.07) is 10.5. The smallest absolute Gasteiger partial charge is 0.241 e. The number of pyridine rings is 1. The number of sulfonamides is 1. The van der Waals surface area contributed by atoms with E-state index in [9.17, 15) is 8.42 Å². The van der Waals surface area contributed by atoms with Gasteiger partial charge in [-0.15, -0.1) is 0 Å². The third-order valence-corrected chi connectivity index (χ3v) is 5.38. The van der Waals surface area contributed by atoms with Crippen LogP contribution in [0.2, 0.25) is 0 Å². The summed E-state index contributed by atoms with van der Waals surface area (Å²) in [5.41, 5.74) is 3.14. The van der Waals surface area contributed by atoms with E-state index in [2.05, 4.69) is 9.71 Å². The summed E-state index contributed by atoms with van der Waals surface area (Å²) in [4.78, 5) is 4.53. The molecule has 110 valence electrons. The first kappa shape index (κ1) is 14.2. The molecule has 0 bridgehead atoms. The Labute approximate surface area is 125 Å². The predicted molar refractivity (Wildman–Crippen MR) is 81.4 cm³/mol. The minimum Gasteiger partial charge on any atom is -0.260 e. The highest BCUT2D eigenvalue weighted by Gasteiger charge is 2.21. The average Bonchev–Trinajstić information content (AvgIpc) is 2.95. The maximum Gasteiger partial charge on any atom is 0.241 e. The molecule has 1 heterocycles. The van der Waals surface area contributed by atoms with Crippen LogP contribution in [0.4, 0.5) is 0 Å². The van der Waals surface area contributed by atoms with E-state index in [1.165, 1.54) is 5.56 Å². The van der Waals surface area contributed by atoms with Gasteiger partial charge in [0, 0.05) is 6.20 Å². The van der Waals surface area contributed by atoms with E-state index in [0.29, 0.717) is 10.6 Å². The number of hydrogen-bond donors (Lipinski definition) is 1. The van der Waals surface area contributed by atoms with E-state index in [0.717, 1.165) is 24.8 Å². The van der Waals surface area contributed by atoms with Crippen molar-refractivity contribution in [3.8, 4) is 0 Å². The minimum atomic E-state index is -3.52. The van der Waals surface area contributed by atoms with Gasteiger partial charge in [-0.05, 0) is 61.6 Å². The van der Waals surface area contributed by atoms with Gasteiger partial charge in [0.2, 0.25) is 10.0 Å². The van der Waals surface area contributed by atoms with Crippen molar-refractivity contribution in [2.45, 2.75) is 37.1 Å². The fourth-order valence-corrected chi connectivity index (χ4v) is 3.98. The second-order valence-corrected chi connectivity index (χ2v) is 7.10. The second kappa shape index (κ2) is 5.58. The monoisotopic (exact) mass is 302 g/mol. The van der Waals surface area contributed by atoms with E-state index < -0.39 is 10.0 Å². The number of aryl methyl sites for hydroxylation is 2. The molecule has 0 saturated carbocycles. The van der Waals surface area contributed by atoms with Crippen molar-refractivity contribution in [2.75, 3.05) is 0 Å². The molecule has 4 nitrogen and oxygen atoms in total. The van der Waals surface area contributed by atoms with Crippen molar-refractivity contribution in [1.29, 1.82) is 0 Å². The van der Waals surface area contributed by atoms with Gasteiger partial charge in [-0.25, -0.2) is 13.1 Å². The van der Waals surface area contributed by atoms with Gasteiger partial charge in [-0.2, -0.15) is 0 Å². The normalized spacial score (nSPS) is 15.7. The molecule has 0 saturated heterocycles. The van der Waals surface area contributed by atoms with Crippen LogP contribution in [0, 0.1) is 0 Å². The Morgan fingerprint density at radius 3 is 2.71 bits per heavy atom. The number of hydrogen-bond acceptors (Lipinski definition) is 3. The zero-order valence-corrected chi connectivity index (χ0v) is 12.7. The van der Waals surface area contributed by atoms with Gasteiger partial charge >= 0.3 is 0 Å². The van der Waals surface area contributed by atoms with Crippen LogP contribution < -0.4 is 4.72 Å². The maximum atomic E-state index is 12.5. The summed E-state index contributed by atoms with van der Waals surface area (Å²) >= 11 is 0. The van der Waals surface area contributed by atoms with E-state index in [-0.39, 0.29) is 6.04 Å². The third kappa shape index (κ3) is 2.99. The quantitative estimate of drug-likeness (QED) is 0.944. The van der Waals surface area contributed by atoms with Gasteiger partial charge in [0.1, 0.15) is 0 Å². The largest absolute Gasteiger partial charge is 0.260 e. The van der Waals surface area contributed by atoms with Gasteiger partial charge in [0.15, 0.2) is 0 Å². The Hall–Kier alpha value is -1.72. The fourth-order valence-electron chi connectivity index (χ4n) is 2.71. The molecule has 5 heteroatoms. The summed E-state index contributed by atoms with van der Waals surface area (Å²) in [6.07, 6.45) is 4.79. The van der Waals surface area contributed by atoms with Crippen LogP contribution in [-0.4, -0.2) is 13.4 Å². The molecule has 0 fully saturated rings. The molecule has 1 aliphatic carbocycles. The van der Waals surface area contributed by atoms with E-state index in [1.807, 2.05) is 24.3 Å². The standard InChI is InChI=1S/C16H18N2O2S/c1-12(16-7-2-3-10-17-16)18-21(19,20)15-9-8-13-5-4-6-14(13)11-15/h2-3,7-12,18H,4-6H2,1H3/t12-/m0/s1. The minimum absolute atomic E-state index is 0.339. The van der Waals surface area contributed by atoms with Gasteiger partial charge in [0.25, 0.3) is 0 Å². The van der Waals surface area contributed by atoms with Gasteiger partial charge < -0.3 is 0 Å². The number of fused-ring (bicyclic) bond motifs is 1. The molecule has 1 aliphatic rings. The summed E-state index contributed by atoms with van der Waals surface area (Å²) in [5, 5.41) is 0. The molecule has 2 aromatic rings. The zero-order valence-electron chi connectivity index (χ0n) is 11.9. The number of benzene rings is 1. The first-order valence-electron chi connectivity index (χ1n) is 7.11. The first-order valence-corrected chi connectivity index (χ1v) is 8.60. The average molecular weight is 302 g/mol. The molecule has 1 aromatic heterocycles. The summed E-state index contributed by atoms with van der Waals surface area (Å²) in [6.45, 7) is 1.80. The van der Waals surface area contributed by atoms with Gasteiger partial charge in [0.05, 0.1) is 16.6 Å². The topological polar surface area (TPSA) is 59.1 Å². The fraction of sp³-hybridized carbons (Fsp3) is 0.312. The molecule has 0 spiro atoms. The first-order chi connectivity index (χ1) is 10.1. The van der Waals surface area contributed by atoms with Crippen LogP contribution in [0.15, 0.2) is 47.5 Å². The van der Waals surface area contributed by atoms with Gasteiger partial charge in [-0.3, -0.25) is 4.98 Å². The molecular formula is C16H18N2O2S. The number of nitrogens with zero attached hydrogens (tertiary/aromatic N) is 1. The summed E-state index contributed by atoms with van der Waals surface area (Å²) < 4.78 is 27.6. The Kier molecular flexibility index (Phi) is 3.78. The molecule has 0 radical (unpaired) electrons. The molecule has 0 unspecified atom stereocenters. The third-order valence-electron chi connectivity index (χ3n) is 3.84. The van der Waals surface area contributed by atoms with E-state index in [4.69, 9.17) is 0 Å². The summed E-state index contributed by atoms with van der Waals surface area (Å²) in [5.74, 6) is 0. The molecule has 1 atom stereocenters. The van der Waals surface area contributed by atoms with Crippen LogP contribution in [-0.2, 0) is 22.9 Å². The Bertz CT molecular complexity index is 742. The molecule has 1 N–H and O–H groups in total. The Morgan fingerprint density at radius 2 is 1.95 bits per heavy atom. The predicted octanol–water partition coefficient (Wildman–Crippen LogP) is 2.61. The van der Waals surface area contributed by atoms with E-state index in [1.54, 1.807) is 25.3 Å². The zero-order chi connectivity index (χ0) is 14.9. The maximum absolute atomic E-state index is 12.5. The van der Waals surface area contributed by atoms with Crippen molar-refractivity contribution in [1.82, 2.24) is 9.71 Å². The highest BCUT2D eigenvalue weighted by atomic mass is 32.2. The molecule has 1 aromatic carbocycles. The van der Waals surface area contributed by atoms with Crippen LogP contribution >= 0.6 is 0 Å². The molecule has 3 rings (SSSR count). The number of rotatable bonds is 4. The lowest BCUT2D eigenvalue weighted by Crippen LogP contribution is -2.27. The van der Waals surface area contributed by atoms with Crippen molar-refractivity contribution in [3.05, 3.63) is 59.4 Å². The molecule has 0 amide bonds. The van der Waals surface area contributed by atoms with Crippen molar-refractivity contribution < 1.29 is 8.42 Å². The number of aromatic nitrogens is 1. The Morgan fingerprint density at radius 1 is 1.14 bits per heavy atom. The molecule has 0 aliphatic heterocycles. The van der Waals surface area contributed by atoms with Crippen molar-refractivity contribution in [2.24, 2.45) is 0 Å². The molecule has 21 heavy (non-hydrogen) atoms. The Balaban J connectivity index is 1.84. The molecular weight excluding hydrogens is 284 g/mol. The van der Waals surface area contributed by atoms with Crippen LogP contribution in [0.25, 0.3) is 0 Å². The lowest BCUT2D eigenvalue weighted by Gasteiger charge is -2.14. The van der Waals surface area contributed by atoms with Crippen molar-refractivity contribution in [3.63, 3.8) is 0 Å². The second-order valence-electron chi connectivity index (χ2n) is 5.38. The van der Waals surface area contributed by atoms with Crippen LogP contribution in [0.5, 0.6) is 0 Å². The summed E-state index contributed by atoms with van der Waals surface area (Å²) in [7, 11) is -3.52. The SMILES string of the molecule is C[C@H](NS(=O)(=O)c1ccc2c(c1)CCC2)c1ccccn1. The lowest BCUT2D eigenvalue weighted by atomic mass is 10.1. The van der Waals surface area contributed by atoms with Crippen LogP contribution in [0.1, 0.15) is 36.2 Å². The lowest BCUT2D eigenvalue weighted by molar-refractivity contribution is 0.564. The van der Waals surface area contributed by atoms with Gasteiger partial charge in [-0.1, -0.05) is 12.1 Å². The highest BCUT2D eigenvalue weighted by Crippen LogP contribution is 2.25. The number of nitrogens with one attached hydrogen (secondary N) is 1.